The van der Waals surface area contributed by atoms with Crippen LogP contribution in [0.1, 0.15) is 6.42 Å². The van der Waals surface area contributed by atoms with Gasteiger partial charge in [-0.1, -0.05) is 0 Å². The smallest absolute Gasteiger partial charge is 0.321 e. The summed E-state index contributed by atoms with van der Waals surface area (Å²) in [5.74, 6) is -0.586. The van der Waals surface area contributed by atoms with Crippen LogP contribution in [0.25, 0.3) is 0 Å². The number of carboxylic acid groups (broad SMARTS) is 1. The maximum Gasteiger partial charge on any atom is 0.321 e. The Morgan fingerprint density at radius 3 is 2.72 bits per heavy atom. The minimum atomic E-state index is -3.78. The van der Waals surface area contributed by atoms with Crippen LogP contribution in [-0.4, -0.2) is 42.1 Å². The molecule has 18 heavy (non-hydrogen) atoms. The second-order valence-electron chi connectivity index (χ2n) is 3.81. The van der Waals surface area contributed by atoms with Crippen LogP contribution in [0.2, 0.25) is 0 Å². The van der Waals surface area contributed by atoms with E-state index in [4.69, 9.17) is 5.11 Å². The van der Waals surface area contributed by atoms with E-state index in [0.29, 0.717) is 5.75 Å². The predicted octanol–water partition coefficient (Wildman–Crippen LogP) is 0.510. The summed E-state index contributed by atoms with van der Waals surface area (Å²) in [6.07, 6.45) is 5.11. The number of rotatable bonds is 7. The summed E-state index contributed by atoms with van der Waals surface area (Å²) in [7, 11) is -2.08. The molecule has 1 atom stereocenters. The van der Waals surface area contributed by atoms with Crippen molar-refractivity contribution in [1.82, 2.24) is 9.29 Å². The largest absolute Gasteiger partial charge is 0.480 e. The number of thioether (sulfide) groups is 1. The lowest BCUT2D eigenvalue weighted by atomic mass is 10.2. The van der Waals surface area contributed by atoms with Gasteiger partial charge < -0.3 is 9.67 Å². The molecule has 1 heterocycles. The lowest BCUT2D eigenvalue weighted by molar-refractivity contribution is -0.139. The van der Waals surface area contributed by atoms with Gasteiger partial charge in [0.25, 0.3) is 0 Å². The van der Waals surface area contributed by atoms with E-state index in [2.05, 4.69) is 4.72 Å². The monoisotopic (exact) mass is 292 g/mol. The number of carboxylic acids is 1. The zero-order chi connectivity index (χ0) is 13.8. The van der Waals surface area contributed by atoms with Crippen molar-refractivity contribution in [2.75, 3.05) is 12.0 Å². The molecule has 1 rings (SSSR count). The molecule has 0 fully saturated rings. The Balaban J connectivity index is 2.82. The van der Waals surface area contributed by atoms with Gasteiger partial charge in [0.05, 0.1) is 4.90 Å². The van der Waals surface area contributed by atoms with E-state index < -0.39 is 22.0 Å². The van der Waals surface area contributed by atoms with Gasteiger partial charge in [0.15, 0.2) is 0 Å². The van der Waals surface area contributed by atoms with Crippen molar-refractivity contribution in [1.29, 1.82) is 0 Å². The number of sulfonamides is 1. The van der Waals surface area contributed by atoms with Crippen molar-refractivity contribution in [3.05, 3.63) is 18.5 Å². The third kappa shape index (κ3) is 4.04. The fraction of sp³-hybridized carbons (Fsp3) is 0.500. The first-order chi connectivity index (χ1) is 8.36. The molecule has 0 aliphatic rings. The van der Waals surface area contributed by atoms with Crippen LogP contribution >= 0.6 is 11.8 Å². The molecule has 8 heteroatoms. The fourth-order valence-electron chi connectivity index (χ4n) is 1.36. The van der Waals surface area contributed by atoms with Crippen LogP contribution in [0.4, 0.5) is 0 Å². The highest BCUT2D eigenvalue weighted by molar-refractivity contribution is 7.98. The predicted molar refractivity (Wildman–Crippen MR) is 70.2 cm³/mol. The molecule has 2 N–H and O–H groups in total. The highest BCUT2D eigenvalue weighted by Crippen LogP contribution is 2.11. The Morgan fingerprint density at radius 1 is 1.61 bits per heavy atom. The lowest BCUT2D eigenvalue weighted by Gasteiger charge is -2.13. The standard InChI is InChI=1S/C10H16N2O4S2/c1-12-5-3-8(7-12)18(15,16)11-9(10(13)14)4-6-17-2/h3,5,7,9,11H,4,6H2,1-2H3,(H,13,14)/t9-/m1/s1. The van der Waals surface area contributed by atoms with E-state index in [1.165, 1.54) is 24.0 Å². The third-order valence-corrected chi connectivity index (χ3v) is 4.42. The molecule has 1 aromatic rings. The van der Waals surface area contributed by atoms with Crippen molar-refractivity contribution in [3.63, 3.8) is 0 Å². The van der Waals surface area contributed by atoms with Gasteiger partial charge in [-0.15, -0.1) is 0 Å². The molecule has 0 saturated heterocycles. The molecule has 0 aromatic carbocycles. The zero-order valence-corrected chi connectivity index (χ0v) is 11.8. The molecule has 0 amide bonds. The molecule has 0 radical (unpaired) electrons. The number of aromatic nitrogens is 1. The van der Waals surface area contributed by atoms with Crippen molar-refractivity contribution in [3.8, 4) is 0 Å². The third-order valence-electron chi connectivity index (χ3n) is 2.32. The molecular weight excluding hydrogens is 276 g/mol. The molecular formula is C10H16N2O4S2. The first-order valence-corrected chi connectivity index (χ1v) is 8.10. The van der Waals surface area contributed by atoms with Gasteiger partial charge in [0.1, 0.15) is 6.04 Å². The van der Waals surface area contributed by atoms with E-state index in [1.807, 2.05) is 6.26 Å². The minimum Gasteiger partial charge on any atom is -0.480 e. The minimum absolute atomic E-state index is 0.0698. The van der Waals surface area contributed by atoms with Gasteiger partial charge in [0, 0.05) is 19.4 Å². The summed E-state index contributed by atoms with van der Waals surface area (Å²) >= 11 is 1.47. The molecule has 0 bridgehead atoms. The SMILES string of the molecule is CSCC[C@@H](NS(=O)(=O)c1ccn(C)c1)C(=O)O. The molecule has 6 nitrogen and oxygen atoms in total. The average molecular weight is 292 g/mol. The highest BCUT2D eigenvalue weighted by Gasteiger charge is 2.25. The maximum absolute atomic E-state index is 11.9. The van der Waals surface area contributed by atoms with Gasteiger partial charge >= 0.3 is 5.97 Å². The molecule has 0 aliphatic heterocycles. The van der Waals surface area contributed by atoms with E-state index >= 15 is 0 Å². The Morgan fingerprint density at radius 2 is 2.28 bits per heavy atom. The van der Waals surface area contributed by atoms with Crippen LogP contribution in [0.5, 0.6) is 0 Å². The number of hydrogen-bond donors (Lipinski definition) is 2. The lowest BCUT2D eigenvalue weighted by Crippen LogP contribution is -2.41. The maximum atomic E-state index is 11.9. The van der Waals surface area contributed by atoms with Gasteiger partial charge in [-0.2, -0.15) is 16.5 Å². The van der Waals surface area contributed by atoms with E-state index in [1.54, 1.807) is 17.8 Å². The van der Waals surface area contributed by atoms with E-state index in [9.17, 15) is 13.2 Å². The zero-order valence-electron chi connectivity index (χ0n) is 10.2. The Labute approximate surface area is 110 Å². The summed E-state index contributed by atoms with van der Waals surface area (Å²) < 4.78 is 27.7. The molecule has 0 spiro atoms. The Kier molecular flexibility index (Phi) is 5.24. The quantitative estimate of drug-likeness (QED) is 0.764. The van der Waals surface area contributed by atoms with Crippen LogP contribution in [0.3, 0.4) is 0 Å². The number of aliphatic carboxylic acids is 1. The first-order valence-electron chi connectivity index (χ1n) is 5.23. The number of nitrogens with one attached hydrogen (secondary N) is 1. The number of carbonyl (C=O) groups is 1. The summed E-state index contributed by atoms with van der Waals surface area (Å²) in [5, 5.41) is 8.97. The van der Waals surface area contributed by atoms with Gasteiger partial charge in [-0.05, 0) is 24.5 Å². The van der Waals surface area contributed by atoms with Crippen molar-refractivity contribution in [2.24, 2.45) is 7.05 Å². The second kappa shape index (κ2) is 6.26. The topological polar surface area (TPSA) is 88.4 Å². The normalized spacial score (nSPS) is 13.4. The van der Waals surface area contributed by atoms with E-state index in [0.717, 1.165) is 0 Å². The van der Waals surface area contributed by atoms with Gasteiger partial charge in [0.2, 0.25) is 10.0 Å². The average Bonchev–Trinajstić information content (AvgIpc) is 2.71. The number of aryl methyl sites for hydroxylation is 1. The Hall–Kier alpha value is -0.990. The van der Waals surface area contributed by atoms with Crippen molar-refractivity contribution in [2.45, 2.75) is 17.4 Å². The molecule has 1 aromatic heterocycles. The molecule has 0 unspecified atom stereocenters. The molecule has 0 saturated carbocycles. The van der Waals surface area contributed by atoms with Crippen LogP contribution in [0.15, 0.2) is 23.4 Å². The van der Waals surface area contributed by atoms with Crippen molar-refractivity contribution >= 4 is 27.8 Å². The highest BCUT2D eigenvalue weighted by atomic mass is 32.2. The summed E-state index contributed by atoms with van der Waals surface area (Å²) in [6, 6.07) is 0.332. The van der Waals surface area contributed by atoms with Gasteiger partial charge in [-0.25, -0.2) is 8.42 Å². The Bertz CT molecular complexity index is 510. The fourth-order valence-corrected chi connectivity index (χ4v) is 3.11. The van der Waals surface area contributed by atoms with Crippen LogP contribution in [0, 0.1) is 0 Å². The molecule has 102 valence electrons. The van der Waals surface area contributed by atoms with Crippen molar-refractivity contribution < 1.29 is 18.3 Å². The van der Waals surface area contributed by atoms with Crippen LogP contribution in [-0.2, 0) is 21.9 Å². The van der Waals surface area contributed by atoms with Crippen LogP contribution < -0.4 is 4.72 Å². The summed E-state index contributed by atoms with van der Waals surface area (Å²) in [6.45, 7) is 0. The van der Waals surface area contributed by atoms with Gasteiger partial charge in [-0.3, -0.25) is 4.79 Å². The number of hydrogen-bond acceptors (Lipinski definition) is 4. The molecule has 0 aliphatic carbocycles. The summed E-state index contributed by atoms with van der Waals surface area (Å²) in [5.41, 5.74) is 0. The second-order valence-corrected chi connectivity index (χ2v) is 6.51. The number of nitrogens with zero attached hydrogens (tertiary/aromatic N) is 1. The first kappa shape index (κ1) is 15.1. The summed E-state index contributed by atoms with van der Waals surface area (Å²) in [4.78, 5) is 11.0. The van der Waals surface area contributed by atoms with E-state index in [-0.39, 0.29) is 11.3 Å².